The number of aliphatic hydroxyl groups is 1. The normalized spacial score (nSPS) is 19.6. The van der Waals surface area contributed by atoms with Crippen LogP contribution in [0, 0.1) is 6.42 Å². The molecule has 2 fully saturated rings. The third-order valence-electron chi connectivity index (χ3n) is 6.53. The van der Waals surface area contributed by atoms with E-state index in [1.165, 1.54) is 0 Å². The fraction of sp³-hybridized carbons (Fsp3) is 0.462. The van der Waals surface area contributed by atoms with Gasteiger partial charge in [0.1, 0.15) is 12.4 Å². The molecule has 1 radical (unpaired) electrons. The zero-order valence-corrected chi connectivity index (χ0v) is 18.7. The first-order chi connectivity index (χ1) is 15.1. The van der Waals surface area contributed by atoms with E-state index in [-0.39, 0.29) is 5.91 Å². The summed E-state index contributed by atoms with van der Waals surface area (Å²) in [5, 5.41) is 12.0. The van der Waals surface area contributed by atoms with E-state index in [1.807, 2.05) is 53.4 Å². The van der Waals surface area contributed by atoms with Crippen LogP contribution in [0.4, 0.5) is 0 Å². The molecule has 1 heterocycles. The third kappa shape index (κ3) is 5.24. The van der Waals surface area contributed by atoms with Crippen molar-refractivity contribution in [3.05, 3.63) is 71.1 Å². The van der Waals surface area contributed by atoms with Crippen LogP contribution in [0.5, 0.6) is 5.75 Å². The molecule has 31 heavy (non-hydrogen) atoms. The lowest BCUT2D eigenvalue weighted by molar-refractivity contribution is -0.141. The van der Waals surface area contributed by atoms with Gasteiger partial charge in [0.25, 0.3) is 0 Å². The van der Waals surface area contributed by atoms with E-state index in [1.54, 1.807) is 0 Å². The van der Waals surface area contributed by atoms with Crippen molar-refractivity contribution in [2.24, 2.45) is 0 Å². The molecular formula is C26H31ClNO3. The Kier molecular flexibility index (Phi) is 7.19. The van der Waals surface area contributed by atoms with Gasteiger partial charge in [0, 0.05) is 13.1 Å². The molecule has 2 aromatic rings. The number of halogens is 1. The molecule has 1 aliphatic heterocycles. The maximum absolute atomic E-state index is 13.6. The van der Waals surface area contributed by atoms with Crippen molar-refractivity contribution in [3.63, 3.8) is 0 Å². The van der Waals surface area contributed by atoms with Gasteiger partial charge in [-0.25, -0.2) is 0 Å². The van der Waals surface area contributed by atoms with Crippen molar-refractivity contribution in [2.75, 3.05) is 13.1 Å². The number of ether oxygens (including phenoxy) is 1. The van der Waals surface area contributed by atoms with Crippen LogP contribution in [0.1, 0.15) is 62.0 Å². The zero-order valence-electron chi connectivity index (χ0n) is 17.9. The average Bonchev–Trinajstić information content (AvgIpc) is 2.80. The molecule has 1 atom stereocenters. The minimum Gasteiger partial charge on any atom is -0.487 e. The van der Waals surface area contributed by atoms with Crippen molar-refractivity contribution in [1.82, 2.24) is 4.90 Å². The predicted molar refractivity (Wildman–Crippen MR) is 123 cm³/mol. The van der Waals surface area contributed by atoms with Gasteiger partial charge in [-0.1, -0.05) is 67.3 Å². The predicted octanol–water partition coefficient (Wildman–Crippen LogP) is 5.52. The van der Waals surface area contributed by atoms with Gasteiger partial charge in [-0.3, -0.25) is 4.79 Å². The minimum absolute atomic E-state index is 0.00868. The van der Waals surface area contributed by atoms with Gasteiger partial charge in [-0.05, 0) is 55.4 Å². The lowest BCUT2D eigenvalue weighted by atomic mass is 9.72. The highest BCUT2D eigenvalue weighted by Crippen LogP contribution is 2.43. The molecule has 0 bridgehead atoms. The number of likely N-dealkylation sites (tertiary alicyclic amines) is 1. The quantitative estimate of drug-likeness (QED) is 0.642. The molecule has 5 heteroatoms. The van der Waals surface area contributed by atoms with Crippen LogP contribution >= 0.6 is 11.6 Å². The highest BCUT2D eigenvalue weighted by atomic mass is 35.5. The second-order valence-electron chi connectivity index (χ2n) is 8.78. The second-order valence-corrected chi connectivity index (χ2v) is 9.18. The Hall–Kier alpha value is -2.04. The van der Waals surface area contributed by atoms with Crippen LogP contribution in [0.25, 0.3) is 0 Å². The fourth-order valence-electron chi connectivity index (χ4n) is 4.83. The summed E-state index contributed by atoms with van der Waals surface area (Å²) < 4.78 is 5.91. The maximum atomic E-state index is 13.6. The topological polar surface area (TPSA) is 49.8 Å². The summed E-state index contributed by atoms with van der Waals surface area (Å²) in [5.74, 6) is -0.00301. The molecular weight excluding hydrogens is 410 g/mol. The van der Waals surface area contributed by atoms with E-state index in [2.05, 4.69) is 6.42 Å². The minimum atomic E-state index is -1.03. The molecule has 1 amide bonds. The van der Waals surface area contributed by atoms with Gasteiger partial charge in [-0.2, -0.15) is 0 Å². The van der Waals surface area contributed by atoms with Crippen molar-refractivity contribution in [1.29, 1.82) is 0 Å². The summed E-state index contributed by atoms with van der Waals surface area (Å²) in [6, 6.07) is 15.5. The number of benzene rings is 2. The van der Waals surface area contributed by atoms with Gasteiger partial charge in [0.15, 0.2) is 0 Å². The summed E-state index contributed by atoms with van der Waals surface area (Å²) in [6.07, 6.45) is 8.44. The van der Waals surface area contributed by atoms with Crippen molar-refractivity contribution in [2.45, 2.75) is 63.1 Å². The number of carbonyl (C=O) groups excluding carboxylic acids is 1. The molecule has 1 saturated heterocycles. The van der Waals surface area contributed by atoms with Crippen molar-refractivity contribution >= 4 is 17.5 Å². The summed E-state index contributed by atoms with van der Waals surface area (Å²) >= 11 is 6.58. The van der Waals surface area contributed by atoms with Gasteiger partial charge in [0.2, 0.25) is 5.91 Å². The smallest absolute Gasteiger partial charge is 0.233 e. The lowest BCUT2D eigenvalue weighted by Gasteiger charge is -2.41. The van der Waals surface area contributed by atoms with E-state index in [0.717, 1.165) is 49.8 Å². The van der Waals surface area contributed by atoms with E-state index >= 15 is 0 Å². The molecule has 0 spiro atoms. The Morgan fingerprint density at radius 2 is 1.87 bits per heavy atom. The Labute approximate surface area is 190 Å². The molecule has 1 saturated carbocycles. The van der Waals surface area contributed by atoms with Gasteiger partial charge >= 0.3 is 0 Å². The van der Waals surface area contributed by atoms with E-state index < -0.39 is 11.5 Å². The van der Waals surface area contributed by atoms with Crippen LogP contribution < -0.4 is 4.74 Å². The molecule has 1 N–H and O–H groups in total. The lowest BCUT2D eigenvalue weighted by Crippen LogP contribution is -2.49. The first kappa shape index (κ1) is 22.2. The van der Waals surface area contributed by atoms with Crippen LogP contribution in [-0.4, -0.2) is 34.6 Å². The van der Waals surface area contributed by atoms with E-state index in [0.29, 0.717) is 36.8 Å². The summed E-state index contributed by atoms with van der Waals surface area (Å²) in [6.45, 7) is 1.82. The Morgan fingerprint density at radius 1 is 1.10 bits per heavy atom. The van der Waals surface area contributed by atoms with Crippen molar-refractivity contribution < 1.29 is 14.6 Å². The van der Waals surface area contributed by atoms with Crippen LogP contribution in [-0.2, 0) is 11.4 Å². The van der Waals surface area contributed by atoms with Gasteiger partial charge in [-0.15, -0.1) is 0 Å². The average molecular weight is 441 g/mol. The molecule has 4 rings (SSSR count). The number of rotatable bonds is 6. The highest BCUT2D eigenvalue weighted by molar-refractivity contribution is 6.32. The number of amides is 1. The number of piperidine rings is 1. The van der Waals surface area contributed by atoms with E-state index in [9.17, 15) is 9.90 Å². The summed E-state index contributed by atoms with van der Waals surface area (Å²) in [4.78, 5) is 15.5. The Balaban J connectivity index is 1.58. The van der Waals surface area contributed by atoms with Crippen LogP contribution in [0.3, 0.4) is 0 Å². The highest BCUT2D eigenvalue weighted by Gasteiger charge is 2.45. The standard InChI is InChI=1S/C26H31ClNO3/c27-22-18-21(12-13-23(22)31-19-20-10-4-1-5-11-20)24(26(30)14-6-2-7-15-26)25(29)28-16-8-3-9-17-28/h1,4-5,8,10-13,18,24,30H,2-3,6-7,9,14-17,19H2. The zero-order chi connectivity index (χ0) is 21.7. The molecule has 1 aliphatic carbocycles. The fourth-order valence-corrected chi connectivity index (χ4v) is 5.08. The van der Waals surface area contributed by atoms with Crippen LogP contribution in [0.2, 0.25) is 5.02 Å². The third-order valence-corrected chi connectivity index (χ3v) is 6.82. The number of hydrogen-bond donors (Lipinski definition) is 1. The largest absolute Gasteiger partial charge is 0.487 e. The number of carbonyl (C=O) groups is 1. The first-order valence-electron chi connectivity index (χ1n) is 11.4. The van der Waals surface area contributed by atoms with Crippen LogP contribution in [0.15, 0.2) is 48.5 Å². The Bertz CT molecular complexity index is 873. The second kappa shape index (κ2) is 10.1. The molecule has 2 aliphatic rings. The molecule has 1 unspecified atom stereocenters. The van der Waals surface area contributed by atoms with E-state index in [4.69, 9.17) is 16.3 Å². The summed E-state index contributed by atoms with van der Waals surface area (Å²) in [5.41, 5.74) is 0.813. The molecule has 165 valence electrons. The molecule has 2 aromatic carbocycles. The monoisotopic (exact) mass is 440 g/mol. The van der Waals surface area contributed by atoms with Gasteiger partial charge in [0.05, 0.1) is 16.5 Å². The number of hydrogen-bond acceptors (Lipinski definition) is 3. The summed E-state index contributed by atoms with van der Waals surface area (Å²) in [7, 11) is 0. The first-order valence-corrected chi connectivity index (χ1v) is 11.7. The number of nitrogens with zero attached hydrogens (tertiary/aromatic N) is 1. The molecule has 0 aromatic heterocycles. The Morgan fingerprint density at radius 3 is 2.55 bits per heavy atom. The molecule has 4 nitrogen and oxygen atoms in total. The van der Waals surface area contributed by atoms with Crippen molar-refractivity contribution in [3.8, 4) is 5.75 Å². The SMILES string of the molecule is O=C(C(c1ccc(OCc2ccccc2)c(Cl)c1)C1(O)CCCCC1)N1C[CH]CCC1. The maximum Gasteiger partial charge on any atom is 0.233 e. The van der Waals surface area contributed by atoms with Gasteiger partial charge < -0.3 is 14.7 Å².